The van der Waals surface area contributed by atoms with E-state index < -0.39 is 0 Å². The highest BCUT2D eigenvalue weighted by Gasteiger charge is 2.06. The second-order valence-corrected chi connectivity index (χ2v) is 4.21. The predicted molar refractivity (Wildman–Crippen MR) is 67.9 cm³/mol. The molecule has 17 heavy (non-hydrogen) atoms. The van der Waals surface area contributed by atoms with Crippen LogP contribution in [0.1, 0.15) is 24.0 Å². The molecule has 5 heteroatoms. The van der Waals surface area contributed by atoms with Gasteiger partial charge in [0.2, 0.25) is 0 Å². The Labute approximate surface area is 101 Å². The molecule has 0 spiro atoms. The van der Waals surface area contributed by atoms with Crippen molar-refractivity contribution < 1.29 is 0 Å². The Kier molecular flexibility index (Phi) is 3.17. The van der Waals surface area contributed by atoms with Gasteiger partial charge in [-0.25, -0.2) is 0 Å². The largest absolute Gasteiger partial charge is 0.377 e. The molecule has 5 nitrogen and oxygen atoms in total. The lowest BCUT2D eigenvalue weighted by Crippen LogP contribution is -2.06. The molecular weight excluding hydrogens is 214 g/mol. The van der Waals surface area contributed by atoms with Gasteiger partial charge in [-0.1, -0.05) is 0 Å². The summed E-state index contributed by atoms with van der Waals surface area (Å²) in [6, 6.07) is 2.09. The highest BCUT2D eigenvalue weighted by atomic mass is 15.3. The molecule has 2 heterocycles. The van der Waals surface area contributed by atoms with Gasteiger partial charge >= 0.3 is 0 Å². The molecule has 0 saturated carbocycles. The third-order valence-electron chi connectivity index (χ3n) is 2.96. The molecule has 0 aliphatic heterocycles. The van der Waals surface area contributed by atoms with E-state index in [9.17, 15) is 0 Å². The van der Waals surface area contributed by atoms with Crippen LogP contribution in [0.15, 0.2) is 12.3 Å². The van der Waals surface area contributed by atoms with E-state index >= 15 is 0 Å². The van der Waals surface area contributed by atoms with Crippen molar-refractivity contribution in [3.05, 3.63) is 29.3 Å². The van der Waals surface area contributed by atoms with E-state index in [0.29, 0.717) is 0 Å². The first kappa shape index (κ1) is 11.7. The van der Waals surface area contributed by atoms with Crippen molar-refractivity contribution in [3.63, 3.8) is 0 Å². The number of anilines is 1. The summed E-state index contributed by atoms with van der Waals surface area (Å²) < 4.78 is 3.89. The molecule has 0 radical (unpaired) electrons. The van der Waals surface area contributed by atoms with Crippen LogP contribution in [0.2, 0.25) is 0 Å². The molecule has 2 aromatic heterocycles. The minimum Gasteiger partial charge on any atom is -0.377 e. The zero-order valence-electron chi connectivity index (χ0n) is 10.9. The van der Waals surface area contributed by atoms with Gasteiger partial charge in [0.1, 0.15) is 0 Å². The maximum Gasteiger partial charge on any atom is 0.0759 e. The van der Waals surface area contributed by atoms with Crippen LogP contribution in [0.5, 0.6) is 0 Å². The molecule has 0 aliphatic rings. The zero-order chi connectivity index (χ0) is 12.4. The summed E-state index contributed by atoms with van der Waals surface area (Å²) in [4.78, 5) is 0. The molecule has 0 aliphatic carbocycles. The Morgan fingerprint density at radius 3 is 2.65 bits per heavy atom. The SMILES string of the molecule is CCn1ncc(NCc2cc(C)nn2C)c1C. The predicted octanol–water partition coefficient (Wildman–Crippen LogP) is 1.87. The minimum atomic E-state index is 0.771. The maximum atomic E-state index is 4.32. The van der Waals surface area contributed by atoms with Gasteiger partial charge < -0.3 is 5.32 Å². The minimum absolute atomic E-state index is 0.771. The lowest BCUT2D eigenvalue weighted by Gasteiger charge is -2.06. The average Bonchev–Trinajstić information content (AvgIpc) is 2.79. The van der Waals surface area contributed by atoms with Gasteiger partial charge in [-0.15, -0.1) is 0 Å². The molecular formula is C12H19N5. The van der Waals surface area contributed by atoms with E-state index in [1.54, 1.807) is 0 Å². The van der Waals surface area contributed by atoms with Crippen LogP contribution < -0.4 is 5.32 Å². The van der Waals surface area contributed by atoms with Gasteiger partial charge in [0.25, 0.3) is 0 Å². The first-order chi connectivity index (χ1) is 8.11. The molecule has 0 amide bonds. The van der Waals surface area contributed by atoms with Crippen LogP contribution in [-0.4, -0.2) is 19.6 Å². The summed E-state index contributed by atoms with van der Waals surface area (Å²) in [5.74, 6) is 0. The van der Waals surface area contributed by atoms with E-state index in [0.717, 1.165) is 24.5 Å². The quantitative estimate of drug-likeness (QED) is 0.877. The van der Waals surface area contributed by atoms with Crippen molar-refractivity contribution in [2.24, 2.45) is 7.05 Å². The Morgan fingerprint density at radius 2 is 2.12 bits per heavy atom. The van der Waals surface area contributed by atoms with Crippen molar-refractivity contribution in [1.82, 2.24) is 19.6 Å². The third kappa shape index (κ3) is 2.33. The van der Waals surface area contributed by atoms with Crippen molar-refractivity contribution in [1.29, 1.82) is 0 Å². The third-order valence-corrected chi connectivity index (χ3v) is 2.96. The van der Waals surface area contributed by atoms with E-state index in [1.165, 1.54) is 11.4 Å². The second-order valence-electron chi connectivity index (χ2n) is 4.21. The highest BCUT2D eigenvalue weighted by Crippen LogP contribution is 2.14. The lowest BCUT2D eigenvalue weighted by atomic mass is 10.3. The van der Waals surface area contributed by atoms with E-state index in [4.69, 9.17) is 0 Å². The summed E-state index contributed by atoms with van der Waals surface area (Å²) in [6.07, 6.45) is 1.88. The van der Waals surface area contributed by atoms with Gasteiger partial charge in [-0.2, -0.15) is 10.2 Å². The topological polar surface area (TPSA) is 47.7 Å². The van der Waals surface area contributed by atoms with Crippen LogP contribution in [0, 0.1) is 13.8 Å². The molecule has 2 rings (SSSR count). The molecule has 0 fully saturated rings. The summed E-state index contributed by atoms with van der Waals surface area (Å²) in [7, 11) is 1.96. The first-order valence-electron chi connectivity index (χ1n) is 5.87. The Morgan fingerprint density at radius 1 is 1.35 bits per heavy atom. The molecule has 0 saturated heterocycles. The Balaban J connectivity index is 2.07. The van der Waals surface area contributed by atoms with Crippen molar-refractivity contribution in [2.75, 3.05) is 5.32 Å². The number of hydrogen-bond donors (Lipinski definition) is 1. The molecule has 1 N–H and O–H groups in total. The van der Waals surface area contributed by atoms with Gasteiger partial charge in [0, 0.05) is 13.6 Å². The van der Waals surface area contributed by atoms with Crippen LogP contribution in [0.4, 0.5) is 5.69 Å². The monoisotopic (exact) mass is 233 g/mol. The fourth-order valence-electron chi connectivity index (χ4n) is 1.95. The number of hydrogen-bond acceptors (Lipinski definition) is 3. The molecule has 0 aromatic carbocycles. The molecule has 2 aromatic rings. The van der Waals surface area contributed by atoms with Gasteiger partial charge in [-0.05, 0) is 26.8 Å². The Bertz CT molecular complexity index is 509. The van der Waals surface area contributed by atoms with Crippen molar-refractivity contribution in [2.45, 2.75) is 33.9 Å². The second kappa shape index (κ2) is 4.61. The summed E-state index contributed by atoms with van der Waals surface area (Å²) >= 11 is 0. The number of aromatic nitrogens is 4. The number of aryl methyl sites for hydroxylation is 3. The van der Waals surface area contributed by atoms with Gasteiger partial charge in [-0.3, -0.25) is 9.36 Å². The normalized spacial score (nSPS) is 10.8. The summed E-state index contributed by atoms with van der Waals surface area (Å²) in [6.45, 7) is 7.84. The van der Waals surface area contributed by atoms with Crippen molar-refractivity contribution >= 4 is 5.69 Å². The highest BCUT2D eigenvalue weighted by molar-refractivity contribution is 5.46. The fraction of sp³-hybridized carbons (Fsp3) is 0.500. The molecule has 0 bridgehead atoms. The molecule has 0 atom stereocenters. The smallest absolute Gasteiger partial charge is 0.0759 e. The maximum absolute atomic E-state index is 4.32. The van der Waals surface area contributed by atoms with E-state index in [2.05, 4.69) is 35.4 Å². The van der Waals surface area contributed by atoms with Crippen LogP contribution in [-0.2, 0) is 20.1 Å². The average molecular weight is 233 g/mol. The number of nitrogens with zero attached hydrogens (tertiary/aromatic N) is 4. The van der Waals surface area contributed by atoms with Crippen LogP contribution in [0.25, 0.3) is 0 Å². The van der Waals surface area contributed by atoms with Gasteiger partial charge in [0.15, 0.2) is 0 Å². The number of nitrogens with one attached hydrogen (secondary N) is 1. The van der Waals surface area contributed by atoms with E-state index in [-0.39, 0.29) is 0 Å². The summed E-state index contributed by atoms with van der Waals surface area (Å²) in [5, 5.41) is 12.0. The molecule has 92 valence electrons. The lowest BCUT2D eigenvalue weighted by molar-refractivity contribution is 0.640. The first-order valence-corrected chi connectivity index (χ1v) is 5.87. The standard InChI is InChI=1S/C12H19N5/c1-5-17-10(3)12(8-14-17)13-7-11-6-9(2)15-16(11)4/h6,8,13H,5,7H2,1-4H3. The van der Waals surface area contributed by atoms with Gasteiger partial charge in [0.05, 0.1) is 35.5 Å². The fourth-order valence-corrected chi connectivity index (χ4v) is 1.95. The summed E-state index contributed by atoms with van der Waals surface area (Å²) in [5.41, 5.74) is 4.48. The number of rotatable bonds is 4. The molecule has 0 unspecified atom stereocenters. The zero-order valence-corrected chi connectivity index (χ0v) is 10.9. The van der Waals surface area contributed by atoms with E-state index in [1.807, 2.05) is 29.5 Å². The van der Waals surface area contributed by atoms with Crippen molar-refractivity contribution in [3.8, 4) is 0 Å². The van der Waals surface area contributed by atoms with Crippen LogP contribution >= 0.6 is 0 Å². The Hall–Kier alpha value is -1.78. The van der Waals surface area contributed by atoms with Crippen LogP contribution in [0.3, 0.4) is 0 Å².